The number of Topliss-reactive ketones (excluding diaryl/α,β-unsaturated/α-hetero) is 1. The van der Waals surface area contributed by atoms with Crippen LogP contribution in [0.2, 0.25) is 0 Å². The van der Waals surface area contributed by atoms with Crippen LogP contribution in [0.4, 0.5) is 4.39 Å². The summed E-state index contributed by atoms with van der Waals surface area (Å²) >= 11 is 0. The Kier molecular flexibility index (Phi) is 12.4. The van der Waals surface area contributed by atoms with Gasteiger partial charge in [-0.3, -0.25) is 24.0 Å². The van der Waals surface area contributed by atoms with Gasteiger partial charge in [-0.1, -0.05) is 31.1 Å². The standard InChI is InChI=1S/C31H41FN4O7/c1-5-42-27(38)11-10-24(16-21-12-13-33-29(21)39)34-30(40)22(15-20-6-8-23(32)9-7-20)17-26(37)28(18(2)3)35-31(41)25-14-19(4)43-36-25/h6-9,14,18,21-22,24,28H,5,10-13,15-17H2,1-4H3,(H,33,39)(H,34,40)(H,35,41)/t21-,22+,24-,28-/m0/s1. The monoisotopic (exact) mass is 600 g/mol. The van der Waals surface area contributed by atoms with Crippen LogP contribution in [0.1, 0.15) is 74.7 Å². The molecular weight excluding hydrogens is 559 g/mol. The van der Waals surface area contributed by atoms with Gasteiger partial charge in [0.2, 0.25) is 11.8 Å². The zero-order valence-corrected chi connectivity index (χ0v) is 25.1. The second-order valence-corrected chi connectivity index (χ2v) is 11.3. The molecule has 11 nitrogen and oxygen atoms in total. The molecule has 2 heterocycles. The van der Waals surface area contributed by atoms with Crippen LogP contribution in [-0.4, -0.2) is 59.9 Å². The average Bonchev–Trinajstić information content (AvgIpc) is 3.58. The van der Waals surface area contributed by atoms with Crippen molar-refractivity contribution in [3.8, 4) is 0 Å². The van der Waals surface area contributed by atoms with Crippen LogP contribution in [-0.2, 0) is 30.3 Å². The molecule has 0 saturated carbocycles. The molecule has 1 aliphatic rings. The Labute approximate surface area is 250 Å². The lowest BCUT2D eigenvalue weighted by atomic mass is 9.87. The SMILES string of the molecule is CCOC(=O)CC[C@@H](C[C@@H]1CCNC1=O)NC(=O)[C@@H](CC(=O)[C@@H](NC(=O)c1cc(C)on1)C(C)C)Cc1ccc(F)cc1. The van der Waals surface area contributed by atoms with Gasteiger partial charge in [0.1, 0.15) is 11.6 Å². The molecule has 1 aliphatic heterocycles. The summed E-state index contributed by atoms with van der Waals surface area (Å²) in [5, 5.41) is 12.2. The fraction of sp³-hybridized carbons (Fsp3) is 0.548. The van der Waals surface area contributed by atoms with Crippen LogP contribution in [0.5, 0.6) is 0 Å². The number of rotatable bonds is 16. The van der Waals surface area contributed by atoms with E-state index in [0.29, 0.717) is 30.7 Å². The topological polar surface area (TPSA) is 157 Å². The van der Waals surface area contributed by atoms with E-state index in [2.05, 4.69) is 21.1 Å². The van der Waals surface area contributed by atoms with Gasteiger partial charge in [-0.15, -0.1) is 0 Å². The van der Waals surface area contributed by atoms with Crippen LogP contribution in [0.3, 0.4) is 0 Å². The fourth-order valence-electron chi connectivity index (χ4n) is 5.15. The molecule has 3 amide bonds. The highest BCUT2D eigenvalue weighted by molar-refractivity contribution is 5.97. The molecule has 0 spiro atoms. The van der Waals surface area contributed by atoms with E-state index in [1.165, 1.54) is 18.2 Å². The quantitative estimate of drug-likeness (QED) is 0.248. The van der Waals surface area contributed by atoms with Crippen molar-refractivity contribution in [3.05, 3.63) is 53.2 Å². The number of hydrogen-bond donors (Lipinski definition) is 3. The summed E-state index contributed by atoms with van der Waals surface area (Å²) in [4.78, 5) is 64.5. The number of amides is 3. The molecule has 0 bridgehead atoms. The van der Waals surface area contributed by atoms with Crippen LogP contribution in [0.15, 0.2) is 34.9 Å². The number of halogens is 1. The van der Waals surface area contributed by atoms with Crippen molar-refractivity contribution in [2.75, 3.05) is 13.2 Å². The largest absolute Gasteiger partial charge is 0.466 e. The molecule has 3 rings (SSSR count). The lowest BCUT2D eigenvalue weighted by Crippen LogP contribution is -2.47. The second kappa shape index (κ2) is 15.9. The Morgan fingerprint density at radius 3 is 2.47 bits per heavy atom. The van der Waals surface area contributed by atoms with Crippen molar-refractivity contribution < 1.29 is 37.6 Å². The van der Waals surface area contributed by atoms with Gasteiger partial charge in [-0.2, -0.15) is 0 Å². The molecule has 2 aromatic rings. The molecule has 1 saturated heterocycles. The Bertz CT molecular complexity index is 1280. The normalized spacial score (nSPS) is 16.7. The van der Waals surface area contributed by atoms with Crippen molar-refractivity contribution >= 4 is 29.5 Å². The maximum atomic E-state index is 13.8. The Hall–Kier alpha value is -4.09. The van der Waals surface area contributed by atoms with E-state index in [1.807, 2.05) is 0 Å². The van der Waals surface area contributed by atoms with Gasteiger partial charge in [0.25, 0.3) is 5.91 Å². The number of nitrogens with one attached hydrogen (secondary N) is 3. The smallest absolute Gasteiger partial charge is 0.305 e. The van der Waals surface area contributed by atoms with E-state index in [1.54, 1.807) is 39.8 Å². The lowest BCUT2D eigenvalue weighted by molar-refractivity contribution is -0.143. The summed E-state index contributed by atoms with van der Waals surface area (Å²) in [5.41, 5.74) is 0.688. The summed E-state index contributed by atoms with van der Waals surface area (Å²) in [6, 6.07) is 5.70. The number of hydrogen-bond acceptors (Lipinski definition) is 8. The molecule has 1 fully saturated rings. The van der Waals surface area contributed by atoms with Crippen molar-refractivity contribution in [2.45, 2.75) is 78.3 Å². The zero-order chi connectivity index (χ0) is 31.5. The minimum atomic E-state index is -0.908. The van der Waals surface area contributed by atoms with Crippen molar-refractivity contribution in [2.24, 2.45) is 17.8 Å². The molecule has 234 valence electrons. The van der Waals surface area contributed by atoms with E-state index in [4.69, 9.17) is 9.26 Å². The third kappa shape index (κ3) is 10.3. The van der Waals surface area contributed by atoms with E-state index >= 15 is 0 Å². The minimum Gasteiger partial charge on any atom is -0.466 e. The molecule has 12 heteroatoms. The first-order valence-electron chi connectivity index (χ1n) is 14.7. The summed E-state index contributed by atoms with van der Waals surface area (Å²) in [7, 11) is 0. The maximum absolute atomic E-state index is 13.8. The maximum Gasteiger partial charge on any atom is 0.305 e. The van der Waals surface area contributed by atoms with Crippen molar-refractivity contribution in [3.63, 3.8) is 0 Å². The first-order valence-corrected chi connectivity index (χ1v) is 14.7. The summed E-state index contributed by atoms with van der Waals surface area (Å²) in [6.45, 7) is 7.68. The van der Waals surface area contributed by atoms with Gasteiger partial charge >= 0.3 is 5.97 Å². The molecule has 0 unspecified atom stereocenters. The number of nitrogens with zero attached hydrogens (tertiary/aromatic N) is 1. The van der Waals surface area contributed by atoms with Crippen LogP contribution >= 0.6 is 0 Å². The lowest BCUT2D eigenvalue weighted by Gasteiger charge is -2.26. The first kappa shape index (κ1) is 33.4. The highest BCUT2D eigenvalue weighted by Gasteiger charge is 2.33. The molecule has 4 atom stereocenters. The fourth-order valence-corrected chi connectivity index (χ4v) is 5.15. The van der Waals surface area contributed by atoms with Crippen LogP contribution < -0.4 is 16.0 Å². The van der Waals surface area contributed by atoms with Gasteiger partial charge in [0, 0.05) is 43.3 Å². The van der Waals surface area contributed by atoms with E-state index in [-0.39, 0.29) is 61.5 Å². The molecular formula is C31H41FN4O7. The third-order valence-electron chi connectivity index (χ3n) is 7.45. The Morgan fingerprint density at radius 2 is 1.88 bits per heavy atom. The summed E-state index contributed by atoms with van der Waals surface area (Å²) in [6.07, 6.45) is 1.18. The highest BCUT2D eigenvalue weighted by atomic mass is 19.1. The predicted molar refractivity (Wildman–Crippen MR) is 154 cm³/mol. The van der Waals surface area contributed by atoms with E-state index in [0.717, 1.165) is 0 Å². The number of aromatic nitrogens is 1. The van der Waals surface area contributed by atoms with Crippen molar-refractivity contribution in [1.29, 1.82) is 0 Å². The third-order valence-corrected chi connectivity index (χ3v) is 7.45. The average molecular weight is 601 g/mol. The second-order valence-electron chi connectivity index (χ2n) is 11.3. The molecule has 1 aromatic carbocycles. The van der Waals surface area contributed by atoms with Gasteiger partial charge in [0.05, 0.1) is 12.6 Å². The molecule has 1 aromatic heterocycles. The van der Waals surface area contributed by atoms with E-state index < -0.39 is 41.6 Å². The molecule has 3 N–H and O–H groups in total. The Balaban J connectivity index is 1.79. The number of carbonyl (C=O) groups is 5. The summed E-state index contributed by atoms with van der Waals surface area (Å²) in [5.74, 6) is -3.34. The summed E-state index contributed by atoms with van der Waals surface area (Å²) < 4.78 is 23.6. The number of benzene rings is 1. The van der Waals surface area contributed by atoms with Gasteiger partial charge < -0.3 is 25.2 Å². The number of ether oxygens (including phenoxy) is 1. The van der Waals surface area contributed by atoms with Gasteiger partial charge in [-0.25, -0.2) is 4.39 Å². The number of aryl methyl sites for hydroxylation is 1. The number of esters is 1. The van der Waals surface area contributed by atoms with Gasteiger partial charge in [0.15, 0.2) is 11.5 Å². The molecule has 0 radical (unpaired) electrons. The van der Waals surface area contributed by atoms with Crippen molar-refractivity contribution in [1.82, 2.24) is 21.1 Å². The number of ketones is 1. The Morgan fingerprint density at radius 1 is 1.16 bits per heavy atom. The van der Waals surface area contributed by atoms with Crippen LogP contribution in [0.25, 0.3) is 0 Å². The minimum absolute atomic E-state index is 0.0388. The van der Waals surface area contributed by atoms with E-state index in [9.17, 15) is 28.4 Å². The predicted octanol–water partition coefficient (Wildman–Crippen LogP) is 3.05. The first-order chi connectivity index (χ1) is 20.5. The zero-order valence-electron chi connectivity index (χ0n) is 25.1. The molecule has 0 aliphatic carbocycles. The number of carbonyl (C=O) groups excluding carboxylic acids is 5. The highest BCUT2D eigenvalue weighted by Crippen LogP contribution is 2.22. The molecule has 43 heavy (non-hydrogen) atoms. The van der Waals surface area contributed by atoms with Gasteiger partial charge in [-0.05, 0) is 63.1 Å². The van der Waals surface area contributed by atoms with Crippen LogP contribution in [0, 0.1) is 30.5 Å².